The minimum atomic E-state index is -0.917. The number of rotatable bonds is 3. The van der Waals surface area contributed by atoms with Crippen molar-refractivity contribution < 1.29 is 4.79 Å². The molecule has 1 heterocycles. The van der Waals surface area contributed by atoms with Gasteiger partial charge in [-0.25, -0.2) is 0 Å². The van der Waals surface area contributed by atoms with Gasteiger partial charge in [0.15, 0.2) is 10.9 Å². The normalized spacial score (nSPS) is 29.2. The number of alkyl halides is 2. The summed E-state index contributed by atoms with van der Waals surface area (Å²) in [5.74, 6) is -0.0126. The Morgan fingerprint density at radius 1 is 1.44 bits per heavy atom. The first-order valence-electron chi connectivity index (χ1n) is 5.03. The third kappa shape index (κ3) is 2.74. The van der Waals surface area contributed by atoms with Crippen molar-refractivity contribution in [3.8, 4) is 0 Å². The zero-order valence-corrected chi connectivity index (χ0v) is 10.1. The van der Waals surface area contributed by atoms with Crippen LogP contribution < -0.4 is 10.6 Å². The fourth-order valence-corrected chi connectivity index (χ4v) is 2.31. The monoisotopic (exact) mass is 258 g/mol. The molecule has 0 radical (unpaired) electrons. The number of hydrogen-bond acceptors (Lipinski definition) is 3. The second kappa shape index (κ2) is 4.72. The summed E-state index contributed by atoms with van der Waals surface area (Å²) in [6, 6.07) is 9.07. The molecule has 1 fully saturated rings. The summed E-state index contributed by atoms with van der Waals surface area (Å²) < 4.78 is 0. The van der Waals surface area contributed by atoms with Crippen LogP contribution in [0.3, 0.4) is 0 Å². The minimum Gasteiger partial charge on any atom is -0.294 e. The fraction of sp³-hybridized carbons (Fsp3) is 0.364. The first-order chi connectivity index (χ1) is 7.59. The molecule has 0 bridgehead atoms. The molecule has 0 aliphatic carbocycles. The maximum Gasteiger partial charge on any atom is 0.167 e. The van der Waals surface area contributed by atoms with Gasteiger partial charge in [-0.05, 0) is 0 Å². The summed E-state index contributed by atoms with van der Waals surface area (Å²) in [5.41, 5.74) is 0.422. The molecule has 1 aliphatic heterocycles. The van der Waals surface area contributed by atoms with Gasteiger partial charge in [-0.3, -0.25) is 15.4 Å². The maximum atomic E-state index is 11.9. The molecule has 3 nitrogen and oxygen atoms in total. The molecule has 1 aromatic rings. The molecule has 0 saturated carbocycles. The van der Waals surface area contributed by atoms with Crippen molar-refractivity contribution in [2.24, 2.45) is 0 Å². The molecule has 1 aromatic carbocycles. The Balaban J connectivity index is 2.03. The van der Waals surface area contributed by atoms with E-state index in [1.165, 1.54) is 0 Å². The van der Waals surface area contributed by atoms with Gasteiger partial charge in [-0.1, -0.05) is 41.9 Å². The standard InChI is InChI=1S/C11H12Cl2N2O/c12-10-7-14-11(13,15-10)6-9(16)8-4-2-1-3-5-8/h1-5,10,14-15H,6-7H2. The van der Waals surface area contributed by atoms with Gasteiger partial charge in [0, 0.05) is 12.1 Å². The molecule has 2 N–H and O–H groups in total. The lowest BCUT2D eigenvalue weighted by atomic mass is 10.1. The number of hydrogen-bond donors (Lipinski definition) is 2. The van der Waals surface area contributed by atoms with Gasteiger partial charge in [-0.15, -0.1) is 11.6 Å². The fourth-order valence-electron chi connectivity index (χ4n) is 1.66. The Bertz CT molecular complexity index is 385. The molecule has 2 atom stereocenters. The lowest BCUT2D eigenvalue weighted by Crippen LogP contribution is -2.45. The predicted molar refractivity (Wildman–Crippen MR) is 64.8 cm³/mol. The van der Waals surface area contributed by atoms with E-state index in [-0.39, 0.29) is 17.7 Å². The van der Waals surface area contributed by atoms with Gasteiger partial charge >= 0.3 is 0 Å². The number of carbonyl (C=O) groups excluding carboxylic acids is 1. The number of Topliss-reactive ketones (excluding diaryl/α,β-unsaturated/α-hetero) is 1. The van der Waals surface area contributed by atoms with Gasteiger partial charge in [0.2, 0.25) is 0 Å². The van der Waals surface area contributed by atoms with E-state index in [1.807, 2.05) is 18.2 Å². The summed E-state index contributed by atoms with van der Waals surface area (Å²) in [7, 11) is 0. The van der Waals surface area contributed by atoms with Crippen LogP contribution in [0.1, 0.15) is 16.8 Å². The Labute approximate surface area is 104 Å². The number of nitrogens with one attached hydrogen (secondary N) is 2. The van der Waals surface area contributed by atoms with Crippen molar-refractivity contribution >= 4 is 29.0 Å². The largest absolute Gasteiger partial charge is 0.294 e. The quantitative estimate of drug-likeness (QED) is 0.495. The van der Waals surface area contributed by atoms with Crippen LogP contribution in [0.25, 0.3) is 0 Å². The highest BCUT2D eigenvalue weighted by molar-refractivity contribution is 6.27. The van der Waals surface area contributed by atoms with Crippen LogP contribution in [0.15, 0.2) is 30.3 Å². The lowest BCUT2D eigenvalue weighted by molar-refractivity contribution is 0.0960. The Hall–Kier alpha value is -0.610. The van der Waals surface area contributed by atoms with E-state index in [0.29, 0.717) is 12.1 Å². The molecule has 86 valence electrons. The third-order valence-electron chi connectivity index (χ3n) is 2.45. The first kappa shape index (κ1) is 11.9. The molecule has 0 spiro atoms. The summed E-state index contributed by atoms with van der Waals surface area (Å²) >= 11 is 12.0. The van der Waals surface area contributed by atoms with E-state index in [0.717, 1.165) is 0 Å². The summed E-state index contributed by atoms with van der Waals surface area (Å²) in [5, 5.41) is 5.00. The molecule has 16 heavy (non-hydrogen) atoms. The average molecular weight is 259 g/mol. The Morgan fingerprint density at radius 3 is 2.69 bits per heavy atom. The smallest absolute Gasteiger partial charge is 0.167 e. The predicted octanol–water partition coefficient (Wildman–Crippen LogP) is 1.91. The molecule has 0 aromatic heterocycles. The highest BCUT2D eigenvalue weighted by atomic mass is 35.5. The van der Waals surface area contributed by atoms with E-state index in [4.69, 9.17) is 23.2 Å². The zero-order chi connectivity index (χ0) is 11.6. The average Bonchev–Trinajstić information content (AvgIpc) is 2.59. The van der Waals surface area contributed by atoms with Gasteiger partial charge < -0.3 is 0 Å². The van der Waals surface area contributed by atoms with Crippen LogP contribution >= 0.6 is 23.2 Å². The maximum absolute atomic E-state index is 11.9. The number of carbonyl (C=O) groups is 1. The van der Waals surface area contributed by atoms with Crippen molar-refractivity contribution in [2.75, 3.05) is 6.54 Å². The van der Waals surface area contributed by atoms with Gasteiger partial charge in [0.25, 0.3) is 0 Å². The minimum absolute atomic E-state index is 0.0126. The number of benzene rings is 1. The van der Waals surface area contributed by atoms with Crippen LogP contribution in [0.2, 0.25) is 0 Å². The molecule has 0 amide bonds. The molecule has 1 aliphatic rings. The number of ketones is 1. The molecular formula is C11H12Cl2N2O. The van der Waals surface area contributed by atoms with E-state index >= 15 is 0 Å². The summed E-state index contributed by atoms with van der Waals surface area (Å²) in [4.78, 5) is 11.9. The van der Waals surface area contributed by atoms with Crippen LogP contribution in [0.4, 0.5) is 0 Å². The second-order valence-electron chi connectivity index (χ2n) is 3.76. The van der Waals surface area contributed by atoms with E-state index in [1.54, 1.807) is 12.1 Å². The van der Waals surface area contributed by atoms with Crippen LogP contribution in [-0.2, 0) is 0 Å². The van der Waals surface area contributed by atoms with E-state index in [9.17, 15) is 4.79 Å². The van der Waals surface area contributed by atoms with E-state index in [2.05, 4.69) is 10.6 Å². The number of halogens is 2. The SMILES string of the molecule is O=C(CC1(Cl)NCC(Cl)N1)c1ccccc1. The van der Waals surface area contributed by atoms with Gasteiger partial charge in [0.05, 0.1) is 11.9 Å². The first-order valence-corrected chi connectivity index (χ1v) is 5.84. The van der Waals surface area contributed by atoms with Crippen molar-refractivity contribution in [1.29, 1.82) is 0 Å². The lowest BCUT2D eigenvalue weighted by Gasteiger charge is -2.21. The van der Waals surface area contributed by atoms with Gasteiger partial charge in [-0.2, -0.15) is 0 Å². The topological polar surface area (TPSA) is 41.1 Å². The molecule has 2 rings (SSSR count). The van der Waals surface area contributed by atoms with Crippen LogP contribution in [-0.4, -0.2) is 23.0 Å². The zero-order valence-electron chi connectivity index (χ0n) is 8.54. The van der Waals surface area contributed by atoms with Crippen molar-refractivity contribution in [3.63, 3.8) is 0 Å². The molecule has 2 unspecified atom stereocenters. The molecule has 5 heteroatoms. The highest BCUT2D eigenvalue weighted by Crippen LogP contribution is 2.22. The van der Waals surface area contributed by atoms with Crippen molar-refractivity contribution in [3.05, 3.63) is 35.9 Å². The highest BCUT2D eigenvalue weighted by Gasteiger charge is 2.37. The van der Waals surface area contributed by atoms with E-state index < -0.39 is 5.12 Å². The molecular weight excluding hydrogens is 247 g/mol. The Kier molecular flexibility index (Phi) is 3.50. The van der Waals surface area contributed by atoms with Gasteiger partial charge in [0.1, 0.15) is 0 Å². The summed E-state index contributed by atoms with van der Waals surface area (Å²) in [6.45, 7) is 0.549. The third-order valence-corrected chi connectivity index (χ3v) is 3.09. The summed E-state index contributed by atoms with van der Waals surface area (Å²) in [6.07, 6.45) is 0.168. The van der Waals surface area contributed by atoms with Crippen molar-refractivity contribution in [2.45, 2.75) is 17.0 Å². The second-order valence-corrected chi connectivity index (χ2v) is 4.93. The Morgan fingerprint density at radius 2 is 2.12 bits per heavy atom. The van der Waals surface area contributed by atoms with Crippen molar-refractivity contribution in [1.82, 2.24) is 10.6 Å². The molecule has 1 saturated heterocycles. The van der Waals surface area contributed by atoms with Crippen LogP contribution in [0, 0.1) is 0 Å². The van der Waals surface area contributed by atoms with Crippen LogP contribution in [0.5, 0.6) is 0 Å².